The zero-order valence-electron chi connectivity index (χ0n) is 9.56. The average molecular weight is 216 g/mol. The quantitative estimate of drug-likeness (QED) is 0.239. The van der Waals surface area contributed by atoms with Gasteiger partial charge in [-0.05, 0) is 18.5 Å². The van der Waals surface area contributed by atoms with Crippen molar-refractivity contribution in [3.05, 3.63) is 10.4 Å². The summed E-state index contributed by atoms with van der Waals surface area (Å²) >= 11 is 0. The van der Waals surface area contributed by atoms with Crippen LogP contribution in [-0.4, -0.2) is 58.5 Å². The molecule has 6 nitrogen and oxygen atoms in total. The van der Waals surface area contributed by atoms with Gasteiger partial charge < -0.3 is 9.47 Å². The Morgan fingerprint density at radius 3 is 2.20 bits per heavy atom. The third-order valence-corrected chi connectivity index (χ3v) is 2.02. The summed E-state index contributed by atoms with van der Waals surface area (Å²) in [4.78, 5) is 4.95. The summed E-state index contributed by atoms with van der Waals surface area (Å²) in [5, 5.41) is 3.50. The monoisotopic (exact) mass is 216 g/mol. The third-order valence-electron chi connectivity index (χ3n) is 2.02. The maximum absolute atomic E-state index is 8.12. The van der Waals surface area contributed by atoms with Gasteiger partial charge in [0.15, 0.2) is 0 Å². The van der Waals surface area contributed by atoms with Gasteiger partial charge in [-0.25, -0.2) is 0 Å². The Hall–Kier alpha value is -0.810. The second-order valence-corrected chi connectivity index (χ2v) is 3.14. The fraction of sp³-hybridized carbons (Fsp3) is 1.00. The van der Waals surface area contributed by atoms with E-state index in [4.69, 9.17) is 15.0 Å². The van der Waals surface area contributed by atoms with Crippen LogP contribution in [0.15, 0.2) is 5.11 Å². The first-order valence-corrected chi connectivity index (χ1v) is 5.06. The number of azide groups is 1. The summed E-state index contributed by atoms with van der Waals surface area (Å²) in [6.07, 6.45) is 0.873. The third kappa shape index (κ3) is 9.49. The highest BCUT2D eigenvalue weighted by atomic mass is 16.5. The van der Waals surface area contributed by atoms with E-state index in [1.807, 2.05) is 0 Å². The molecule has 0 amide bonds. The summed E-state index contributed by atoms with van der Waals surface area (Å²) in [6.45, 7) is 4.65. The first kappa shape index (κ1) is 14.2. The Kier molecular flexibility index (Phi) is 10.7. The van der Waals surface area contributed by atoms with Crippen LogP contribution in [-0.2, 0) is 9.47 Å². The van der Waals surface area contributed by atoms with Crippen molar-refractivity contribution in [1.29, 1.82) is 0 Å². The fourth-order valence-electron chi connectivity index (χ4n) is 1.19. The van der Waals surface area contributed by atoms with Gasteiger partial charge in [0.2, 0.25) is 0 Å². The van der Waals surface area contributed by atoms with Crippen molar-refractivity contribution in [3.63, 3.8) is 0 Å². The molecule has 0 aliphatic rings. The molecule has 0 aromatic heterocycles. The zero-order chi connectivity index (χ0) is 11.4. The molecule has 0 N–H and O–H groups in total. The predicted octanol–water partition coefficient (Wildman–Crippen LogP) is 1.28. The number of rotatable bonds is 10. The Labute approximate surface area is 90.8 Å². The number of ether oxygens (including phenoxy) is 2. The standard InChI is InChI=1S/C9H20N4O2/c1-14-8-6-13(7-9-15-2)5-3-4-11-12-10/h3-9H2,1-2H3. The van der Waals surface area contributed by atoms with Gasteiger partial charge in [0, 0.05) is 38.8 Å². The second kappa shape index (κ2) is 11.3. The van der Waals surface area contributed by atoms with Crippen molar-refractivity contribution in [2.24, 2.45) is 5.11 Å². The van der Waals surface area contributed by atoms with E-state index < -0.39 is 0 Å². The van der Waals surface area contributed by atoms with E-state index in [1.165, 1.54) is 0 Å². The minimum atomic E-state index is 0.549. The average Bonchev–Trinajstić information content (AvgIpc) is 2.27. The van der Waals surface area contributed by atoms with E-state index in [-0.39, 0.29) is 0 Å². The van der Waals surface area contributed by atoms with Gasteiger partial charge in [0.1, 0.15) is 0 Å². The first-order valence-electron chi connectivity index (χ1n) is 5.06. The lowest BCUT2D eigenvalue weighted by molar-refractivity contribution is 0.114. The normalized spacial score (nSPS) is 10.3. The van der Waals surface area contributed by atoms with Gasteiger partial charge >= 0.3 is 0 Å². The molecule has 0 aliphatic carbocycles. The van der Waals surface area contributed by atoms with Gasteiger partial charge in [0.25, 0.3) is 0 Å². The molecule has 0 atom stereocenters. The highest BCUT2D eigenvalue weighted by Crippen LogP contribution is 1.93. The van der Waals surface area contributed by atoms with Crippen LogP contribution < -0.4 is 0 Å². The van der Waals surface area contributed by atoms with Crippen molar-refractivity contribution < 1.29 is 9.47 Å². The summed E-state index contributed by atoms with van der Waals surface area (Å²) in [7, 11) is 3.38. The Balaban J connectivity index is 3.62. The summed E-state index contributed by atoms with van der Waals surface area (Å²) in [6, 6.07) is 0. The SMILES string of the molecule is COCCN(CCCN=[N+]=[N-])CCOC. The van der Waals surface area contributed by atoms with Crippen LogP contribution in [0.25, 0.3) is 10.4 Å². The summed E-state index contributed by atoms with van der Waals surface area (Å²) in [5.74, 6) is 0. The maximum Gasteiger partial charge on any atom is 0.0589 e. The lowest BCUT2D eigenvalue weighted by atomic mass is 10.3. The van der Waals surface area contributed by atoms with E-state index >= 15 is 0 Å². The van der Waals surface area contributed by atoms with E-state index in [1.54, 1.807) is 14.2 Å². The Morgan fingerprint density at radius 2 is 1.73 bits per heavy atom. The van der Waals surface area contributed by atoms with E-state index in [0.29, 0.717) is 19.8 Å². The van der Waals surface area contributed by atoms with Crippen LogP contribution in [0.2, 0.25) is 0 Å². The van der Waals surface area contributed by atoms with Gasteiger partial charge in [-0.3, -0.25) is 4.90 Å². The topological polar surface area (TPSA) is 70.5 Å². The minimum absolute atomic E-state index is 0.549. The van der Waals surface area contributed by atoms with Crippen LogP contribution in [0.3, 0.4) is 0 Å². The molecule has 0 aliphatic heterocycles. The summed E-state index contributed by atoms with van der Waals surface area (Å²) < 4.78 is 10.0. The van der Waals surface area contributed by atoms with Gasteiger partial charge in [-0.2, -0.15) is 0 Å². The molecule has 0 spiro atoms. The van der Waals surface area contributed by atoms with Crippen molar-refractivity contribution in [3.8, 4) is 0 Å². The summed E-state index contributed by atoms with van der Waals surface area (Å²) in [5.41, 5.74) is 8.12. The van der Waals surface area contributed by atoms with Crippen LogP contribution >= 0.6 is 0 Å². The first-order chi connectivity index (χ1) is 7.35. The minimum Gasteiger partial charge on any atom is -0.383 e. The molecular weight excluding hydrogens is 196 g/mol. The Bertz CT molecular complexity index is 175. The number of nitrogens with zero attached hydrogens (tertiary/aromatic N) is 4. The highest BCUT2D eigenvalue weighted by molar-refractivity contribution is 4.58. The Morgan fingerprint density at radius 1 is 1.13 bits per heavy atom. The molecule has 88 valence electrons. The van der Waals surface area contributed by atoms with Gasteiger partial charge in [-0.1, -0.05) is 5.11 Å². The molecule has 0 unspecified atom stereocenters. The molecule has 0 radical (unpaired) electrons. The van der Waals surface area contributed by atoms with E-state index in [2.05, 4.69) is 14.9 Å². The largest absolute Gasteiger partial charge is 0.383 e. The van der Waals surface area contributed by atoms with Crippen molar-refractivity contribution in [2.75, 3.05) is 53.6 Å². The van der Waals surface area contributed by atoms with Crippen molar-refractivity contribution >= 4 is 0 Å². The molecule has 0 rings (SSSR count). The van der Waals surface area contributed by atoms with Crippen LogP contribution in [0, 0.1) is 0 Å². The van der Waals surface area contributed by atoms with E-state index in [0.717, 1.165) is 26.1 Å². The smallest absolute Gasteiger partial charge is 0.0589 e. The highest BCUT2D eigenvalue weighted by Gasteiger charge is 2.03. The lowest BCUT2D eigenvalue weighted by Gasteiger charge is -2.20. The van der Waals surface area contributed by atoms with Crippen LogP contribution in [0.5, 0.6) is 0 Å². The van der Waals surface area contributed by atoms with Crippen LogP contribution in [0.4, 0.5) is 0 Å². The fourth-order valence-corrected chi connectivity index (χ4v) is 1.19. The second-order valence-electron chi connectivity index (χ2n) is 3.14. The van der Waals surface area contributed by atoms with Gasteiger partial charge in [0.05, 0.1) is 13.2 Å². The molecule has 0 fully saturated rings. The number of methoxy groups -OCH3 is 2. The number of hydrogen-bond donors (Lipinski definition) is 0. The molecule has 0 aromatic carbocycles. The molecule has 0 heterocycles. The number of hydrogen-bond acceptors (Lipinski definition) is 4. The molecule has 0 saturated carbocycles. The lowest BCUT2D eigenvalue weighted by Crippen LogP contribution is -2.32. The maximum atomic E-state index is 8.12. The van der Waals surface area contributed by atoms with Crippen molar-refractivity contribution in [2.45, 2.75) is 6.42 Å². The molecular formula is C9H20N4O2. The zero-order valence-corrected chi connectivity index (χ0v) is 9.56. The molecule has 15 heavy (non-hydrogen) atoms. The molecule has 6 heteroatoms. The molecule has 0 saturated heterocycles. The molecule has 0 bridgehead atoms. The van der Waals surface area contributed by atoms with Crippen LogP contribution in [0.1, 0.15) is 6.42 Å². The molecule has 0 aromatic rings. The van der Waals surface area contributed by atoms with Crippen molar-refractivity contribution in [1.82, 2.24) is 4.90 Å². The van der Waals surface area contributed by atoms with Gasteiger partial charge in [-0.15, -0.1) is 0 Å². The predicted molar refractivity (Wildman–Crippen MR) is 58.8 cm³/mol. The van der Waals surface area contributed by atoms with E-state index in [9.17, 15) is 0 Å².